The Balaban J connectivity index is 1.91. The van der Waals surface area contributed by atoms with E-state index in [1.165, 1.54) is 11.3 Å². The molecule has 0 aliphatic rings. The first-order valence-corrected chi connectivity index (χ1v) is 5.88. The Morgan fingerprint density at radius 3 is 3.00 bits per heavy atom. The third-order valence-corrected chi connectivity index (χ3v) is 2.67. The van der Waals surface area contributed by atoms with E-state index >= 15 is 0 Å². The van der Waals surface area contributed by atoms with Crippen molar-refractivity contribution in [3.63, 3.8) is 0 Å². The minimum atomic E-state index is -0.320. The predicted molar refractivity (Wildman–Crippen MR) is 64.7 cm³/mol. The summed E-state index contributed by atoms with van der Waals surface area (Å²) in [5.41, 5.74) is 2.36. The van der Waals surface area contributed by atoms with Crippen molar-refractivity contribution in [2.24, 2.45) is 0 Å². The second-order valence-electron chi connectivity index (χ2n) is 3.32. The van der Waals surface area contributed by atoms with Crippen molar-refractivity contribution in [2.75, 3.05) is 5.32 Å². The first-order chi connectivity index (χ1) is 8.25. The van der Waals surface area contributed by atoms with Gasteiger partial charge in [0.15, 0.2) is 0 Å². The molecule has 88 valence electrons. The Bertz CT molecular complexity index is 473. The molecule has 2 aromatic heterocycles. The fraction of sp³-hybridized carbons (Fsp3) is 0.200. The number of hydrogen-bond acceptors (Lipinski definition) is 5. The Hall–Kier alpha value is -2.02. The number of pyridine rings is 1. The van der Waals surface area contributed by atoms with Gasteiger partial charge >= 0.3 is 6.03 Å². The maximum atomic E-state index is 11.6. The molecule has 2 amide bonds. The van der Waals surface area contributed by atoms with E-state index in [0.29, 0.717) is 5.13 Å². The summed E-state index contributed by atoms with van der Waals surface area (Å²) in [6, 6.07) is 5.08. The first kappa shape index (κ1) is 11.5. The molecule has 0 saturated heterocycles. The van der Waals surface area contributed by atoms with Crippen molar-refractivity contribution in [1.82, 2.24) is 20.5 Å². The van der Waals surface area contributed by atoms with E-state index in [1.54, 1.807) is 11.7 Å². The van der Waals surface area contributed by atoms with Gasteiger partial charge in [-0.05, 0) is 19.1 Å². The monoisotopic (exact) mass is 249 g/mol. The zero-order chi connectivity index (χ0) is 12.1. The molecule has 0 saturated carbocycles. The molecule has 2 rings (SSSR count). The second kappa shape index (κ2) is 5.35. The third kappa shape index (κ3) is 3.22. The molecular formula is C10H11N5OS. The number of carbonyl (C=O) groups is 1. The summed E-state index contributed by atoms with van der Waals surface area (Å²) in [5.74, 6) is 0. The van der Waals surface area contributed by atoms with E-state index in [-0.39, 0.29) is 12.1 Å². The number of carbonyl (C=O) groups excluding carboxylic acids is 1. The van der Waals surface area contributed by atoms with Crippen LogP contribution in [-0.4, -0.2) is 21.2 Å². The number of rotatable bonds is 3. The minimum absolute atomic E-state index is 0.163. The fourth-order valence-corrected chi connectivity index (χ4v) is 1.70. The quantitative estimate of drug-likeness (QED) is 0.869. The van der Waals surface area contributed by atoms with Gasteiger partial charge in [0.25, 0.3) is 0 Å². The van der Waals surface area contributed by atoms with Crippen molar-refractivity contribution in [3.8, 4) is 0 Å². The maximum Gasteiger partial charge on any atom is 0.321 e. The lowest BCUT2D eigenvalue weighted by Crippen LogP contribution is -2.31. The number of urea groups is 1. The number of amides is 2. The van der Waals surface area contributed by atoms with Crippen molar-refractivity contribution in [1.29, 1.82) is 0 Å². The average molecular weight is 249 g/mol. The Morgan fingerprint density at radius 1 is 1.47 bits per heavy atom. The van der Waals surface area contributed by atoms with Crippen LogP contribution in [0.3, 0.4) is 0 Å². The van der Waals surface area contributed by atoms with Crippen LogP contribution in [0, 0.1) is 0 Å². The lowest BCUT2D eigenvalue weighted by Gasteiger charge is -2.12. The van der Waals surface area contributed by atoms with Crippen LogP contribution in [0.15, 0.2) is 29.9 Å². The third-order valence-electron chi connectivity index (χ3n) is 2.06. The summed E-state index contributed by atoms with van der Waals surface area (Å²) >= 11 is 1.26. The minimum Gasteiger partial charge on any atom is -0.330 e. The summed E-state index contributed by atoms with van der Waals surface area (Å²) < 4.78 is 0. The molecule has 6 nitrogen and oxygen atoms in total. The summed E-state index contributed by atoms with van der Waals surface area (Å²) in [4.78, 5) is 15.7. The van der Waals surface area contributed by atoms with Crippen LogP contribution in [-0.2, 0) is 0 Å². The molecule has 17 heavy (non-hydrogen) atoms. The van der Waals surface area contributed by atoms with Crippen LogP contribution >= 0.6 is 11.3 Å². The van der Waals surface area contributed by atoms with Crippen LogP contribution in [0.4, 0.5) is 9.93 Å². The highest BCUT2D eigenvalue weighted by atomic mass is 32.1. The van der Waals surface area contributed by atoms with Crippen molar-refractivity contribution in [3.05, 3.63) is 35.6 Å². The highest BCUT2D eigenvalue weighted by Gasteiger charge is 2.10. The van der Waals surface area contributed by atoms with Crippen LogP contribution in [0.2, 0.25) is 0 Å². The molecule has 0 bridgehead atoms. The topological polar surface area (TPSA) is 79.8 Å². The second-order valence-corrected chi connectivity index (χ2v) is 4.15. The van der Waals surface area contributed by atoms with E-state index in [0.717, 1.165) is 5.69 Å². The Labute approximate surface area is 102 Å². The molecule has 0 aromatic carbocycles. The standard InChI is InChI=1S/C10H11N5OS/c1-7(8-4-2-3-5-11-8)13-9(16)14-10-15-12-6-17-10/h2-7H,1H3,(H2,13,14,15,16)/t7-/m0/s1. The van der Waals surface area contributed by atoms with Crippen LogP contribution in [0.25, 0.3) is 0 Å². The number of aromatic nitrogens is 3. The Kier molecular flexibility index (Phi) is 3.61. The molecule has 7 heteroatoms. The van der Waals surface area contributed by atoms with Crippen molar-refractivity contribution in [2.45, 2.75) is 13.0 Å². The number of anilines is 1. The summed E-state index contributed by atoms with van der Waals surface area (Å²) in [6.45, 7) is 1.86. The normalized spacial score (nSPS) is 11.8. The SMILES string of the molecule is C[C@H](NC(=O)Nc1nncs1)c1ccccn1. The highest BCUT2D eigenvalue weighted by molar-refractivity contribution is 7.13. The predicted octanol–water partition coefficient (Wildman–Crippen LogP) is 1.82. The van der Waals surface area contributed by atoms with Gasteiger partial charge in [0.2, 0.25) is 5.13 Å². The first-order valence-electron chi connectivity index (χ1n) is 5.00. The summed E-state index contributed by atoms with van der Waals surface area (Å²) in [5, 5.41) is 13.2. The molecule has 0 unspecified atom stereocenters. The van der Waals surface area contributed by atoms with Gasteiger partial charge in [-0.15, -0.1) is 10.2 Å². The van der Waals surface area contributed by atoms with Gasteiger partial charge in [0.05, 0.1) is 11.7 Å². The highest BCUT2D eigenvalue weighted by Crippen LogP contribution is 2.10. The van der Waals surface area contributed by atoms with Crippen LogP contribution in [0.5, 0.6) is 0 Å². The van der Waals surface area contributed by atoms with E-state index in [9.17, 15) is 4.79 Å². The maximum absolute atomic E-state index is 11.6. The lowest BCUT2D eigenvalue weighted by atomic mass is 10.2. The smallest absolute Gasteiger partial charge is 0.321 e. The van der Waals surface area contributed by atoms with Crippen molar-refractivity contribution >= 4 is 22.5 Å². The van der Waals surface area contributed by atoms with Gasteiger partial charge in [0.1, 0.15) is 5.51 Å². The van der Waals surface area contributed by atoms with Gasteiger partial charge in [-0.25, -0.2) is 4.79 Å². The largest absolute Gasteiger partial charge is 0.330 e. The average Bonchev–Trinajstić information content (AvgIpc) is 2.82. The number of nitrogens with zero attached hydrogens (tertiary/aromatic N) is 3. The zero-order valence-corrected chi connectivity index (χ0v) is 9.94. The molecule has 2 heterocycles. The molecule has 0 radical (unpaired) electrons. The Morgan fingerprint density at radius 2 is 2.35 bits per heavy atom. The molecule has 0 spiro atoms. The van der Waals surface area contributed by atoms with Crippen LogP contribution < -0.4 is 10.6 Å². The number of hydrogen-bond donors (Lipinski definition) is 2. The van der Waals surface area contributed by atoms with Crippen molar-refractivity contribution < 1.29 is 4.79 Å². The molecule has 2 aromatic rings. The lowest BCUT2D eigenvalue weighted by molar-refractivity contribution is 0.249. The zero-order valence-electron chi connectivity index (χ0n) is 9.12. The van der Waals surface area contributed by atoms with E-state index in [4.69, 9.17) is 0 Å². The molecule has 0 fully saturated rings. The molecule has 1 atom stereocenters. The summed E-state index contributed by atoms with van der Waals surface area (Å²) in [6.07, 6.45) is 1.69. The van der Waals surface area contributed by atoms with Gasteiger partial charge in [0, 0.05) is 6.20 Å². The molecule has 0 aliphatic heterocycles. The molecule has 0 aliphatic carbocycles. The van der Waals surface area contributed by atoms with Gasteiger partial charge in [-0.1, -0.05) is 17.4 Å². The summed E-state index contributed by atoms with van der Waals surface area (Å²) in [7, 11) is 0. The van der Waals surface area contributed by atoms with Gasteiger partial charge in [-0.2, -0.15) is 0 Å². The van der Waals surface area contributed by atoms with E-state index < -0.39 is 0 Å². The van der Waals surface area contributed by atoms with Crippen LogP contribution in [0.1, 0.15) is 18.7 Å². The van der Waals surface area contributed by atoms with E-state index in [1.807, 2.05) is 25.1 Å². The van der Waals surface area contributed by atoms with E-state index in [2.05, 4.69) is 25.8 Å². The van der Waals surface area contributed by atoms with Gasteiger partial charge in [-0.3, -0.25) is 10.3 Å². The molecule has 2 N–H and O–H groups in total. The van der Waals surface area contributed by atoms with Gasteiger partial charge < -0.3 is 5.32 Å². The molecular weight excluding hydrogens is 238 g/mol. The fourth-order valence-electron chi connectivity index (χ4n) is 1.26. The number of nitrogens with one attached hydrogen (secondary N) is 2.